The minimum absolute atomic E-state index is 0.0144. The third-order valence-corrected chi connectivity index (χ3v) is 20.7. The Morgan fingerprint density at radius 2 is 0.576 bits per heavy atom. The van der Waals surface area contributed by atoms with Gasteiger partial charge in [-0.15, -0.1) is 5.10 Å². The fourth-order valence-corrected chi connectivity index (χ4v) is 13.7. The molecule has 22 heteroatoms. The SMILES string of the molecule is CCCCCCCCOc1cc(C#Cc2cc(OCCCCCCCC)cc(C#Cc3cc(OCCCCCCCC)cc(C#Cc4cc(OCCCCCCCC)cc(-c5cn(CCO[C@H]6O[C@H](CO)[C@@H](O)[C@H](O)[C@@H]6O)nn5)n4)n3)n2)nc(C#Cc2cc(OCCCCCCCC)cc(C#Cc3cc(OCCCCCCCC)cc(C#CC(C)(C)O)n3)n2)c1. The van der Waals surface area contributed by atoms with Gasteiger partial charge in [-0.05, 0) is 117 Å². The fraction of sp³-hybridized carbons (Fsp3) is 0.573. The van der Waals surface area contributed by atoms with Crippen LogP contribution in [-0.2, 0) is 16.0 Å². The highest BCUT2D eigenvalue weighted by Crippen LogP contribution is 2.28. The lowest BCUT2D eigenvalue weighted by Crippen LogP contribution is -2.59. The number of aliphatic hydroxyl groups excluding tert-OH is 4. The molecule has 1 saturated heterocycles. The van der Waals surface area contributed by atoms with Crippen LogP contribution in [0.1, 0.15) is 349 Å². The van der Waals surface area contributed by atoms with E-state index in [-0.39, 0.29) is 13.2 Å². The lowest BCUT2D eigenvalue weighted by molar-refractivity contribution is -0.301. The molecule has 7 aromatic heterocycles. The largest absolute Gasteiger partial charge is 0.493 e. The van der Waals surface area contributed by atoms with E-state index in [1.165, 1.54) is 103 Å². The van der Waals surface area contributed by atoms with Crippen molar-refractivity contribution in [3.8, 4) is 117 Å². The van der Waals surface area contributed by atoms with Crippen LogP contribution in [0.2, 0.25) is 0 Å². The molecular formula is C103H137N9O13. The van der Waals surface area contributed by atoms with Crippen LogP contribution in [0.3, 0.4) is 0 Å². The molecule has 0 spiro atoms. The maximum Gasteiger partial charge on any atom is 0.186 e. The van der Waals surface area contributed by atoms with Crippen molar-refractivity contribution >= 4 is 0 Å². The van der Waals surface area contributed by atoms with Gasteiger partial charge in [0, 0.05) is 72.8 Å². The van der Waals surface area contributed by atoms with Gasteiger partial charge in [0.15, 0.2) is 6.29 Å². The lowest BCUT2D eigenvalue weighted by atomic mass is 9.99. The van der Waals surface area contributed by atoms with Crippen molar-refractivity contribution in [1.29, 1.82) is 0 Å². The molecule has 0 aliphatic carbocycles. The molecule has 5 N–H and O–H groups in total. The van der Waals surface area contributed by atoms with Gasteiger partial charge in [-0.2, -0.15) is 0 Å². The van der Waals surface area contributed by atoms with Crippen molar-refractivity contribution in [3.63, 3.8) is 0 Å². The Labute approximate surface area is 745 Å². The zero-order chi connectivity index (χ0) is 88.7. The second-order valence-corrected chi connectivity index (χ2v) is 32.6. The Kier molecular flexibility index (Phi) is 47.4. The summed E-state index contributed by atoms with van der Waals surface area (Å²) >= 11 is 0. The highest BCUT2D eigenvalue weighted by atomic mass is 16.7. The van der Waals surface area contributed by atoms with Gasteiger partial charge in [-0.1, -0.05) is 245 Å². The molecular weight excluding hydrogens is 1570 g/mol. The van der Waals surface area contributed by atoms with Crippen molar-refractivity contribution < 1.29 is 63.4 Å². The summed E-state index contributed by atoms with van der Waals surface area (Å²) in [6.07, 6.45) is 34.5. The molecule has 1 fully saturated rings. The first-order valence-electron chi connectivity index (χ1n) is 46.6. The van der Waals surface area contributed by atoms with Gasteiger partial charge >= 0.3 is 0 Å². The van der Waals surface area contributed by atoms with Crippen molar-refractivity contribution in [2.24, 2.45) is 0 Å². The molecule has 8 rings (SSSR count). The first kappa shape index (κ1) is 100. The predicted octanol–water partition coefficient (Wildman–Crippen LogP) is 18.7. The zero-order valence-corrected chi connectivity index (χ0v) is 75.7. The minimum Gasteiger partial charge on any atom is -0.493 e. The Balaban J connectivity index is 1.14. The van der Waals surface area contributed by atoms with Gasteiger partial charge in [0.05, 0.1) is 71.3 Å². The molecule has 5 atom stereocenters. The van der Waals surface area contributed by atoms with E-state index in [1.54, 1.807) is 36.9 Å². The molecule has 0 unspecified atom stereocenters. The van der Waals surface area contributed by atoms with Gasteiger partial charge in [0.25, 0.3) is 0 Å². The smallest absolute Gasteiger partial charge is 0.186 e. The summed E-state index contributed by atoms with van der Waals surface area (Å²) in [4.78, 5) is 29.6. The van der Waals surface area contributed by atoms with Crippen molar-refractivity contribution in [3.05, 3.63) is 142 Å². The molecule has 7 aromatic rings. The van der Waals surface area contributed by atoms with Crippen LogP contribution in [-0.4, -0.2) is 160 Å². The number of hydrogen-bond acceptors (Lipinski definition) is 21. The van der Waals surface area contributed by atoms with E-state index in [0.29, 0.717) is 148 Å². The Hall–Kier alpha value is -10.1. The zero-order valence-electron chi connectivity index (χ0n) is 75.7. The summed E-state index contributed by atoms with van der Waals surface area (Å²) in [6, 6.07) is 21.8. The predicted molar refractivity (Wildman–Crippen MR) is 490 cm³/mol. The highest BCUT2D eigenvalue weighted by molar-refractivity contribution is 5.58. The molecule has 125 heavy (non-hydrogen) atoms. The third-order valence-electron chi connectivity index (χ3n) is 20.7. The molecule has 0 aromatic carbocycles. The monoisotopic (exact) mass is 1710 g/mol. The first-order chi connectivity index (χ1) is 61.0. The number of rotatable bonds is 54. The topological polar surface area (TPSA) is 283 Å². The summed E-state index contributed by atoms with van der Waals surface area (Å²) in [5.74, 6) is 42.1. The molecule has 0 bridgehead atoms. The van der Waals surface area contributed by atoms with E-state index < -0.39 is 42.9 Å². The molecule has 0 radical (unpaired) electrons. The van der Waals surface area contributed by atoms with Crippen LogP contribution < -0.4 is 28.4 Å². The Bertz CT molecular complexity index is 4740. The highest BCUT2D eigenvalue weighted by Gasteiger charge is 2.44. The van der Waals surface area contributed by atoms with Gasteiger partial charge in [-0.3, -0.25) is 0 Å². The van der Waals surface area contributed by atoms with Gasteiger partial charge in [-0.25, -0.2) is 34.6 Å². The van der Waals surface area contributed by atoms with E-state index in [4.69, 9.17) is 67.8 Å². The van der Waals surface area contributed by atoms with Crippen LogP contribution in [0, 0.1) is 71.0 Å². The second kappa shape index (κ2) is 59.0. The summed E-state index contributed by atoms with van der Waals surface area (Å²) in [6.45, 7) is 19.2. The molecule has 22 nitrogen and oxygen atoms in total. The minimum atomic E-state index is -1.57. The van der Waals surface area contributed by atoms with Crippen LogP contribution in [0.25, 0.3) is 11.4 Å². The standard InChI is InChI=1S/C103H137N9O13/c1-9-15-21-27-33-39-58-118-90-65-79(104-81(67-90)47-48-83-69-92(120-60-41-35-29-23-17-11-3)71-85(106-83)51-52-87-73-94(122-62-43-37-31-25-19-13-5)75-89(108-87)55-56-103(7,8)117)45-46-80-66-91(119-59-40-34-28-22-16-10-2)68-82(105-80)49-50-84-70-93(121-61-42-36-30-24-18-12-4)72-86(107-84)53-54-88-74-95(123-63-44-38-32-26-20-14-6)76-96(109-88)97-77-112(111-110-97)57-64-124-102-101(116)100(115)99(114)98(78-113)125-102/h65-77,98-102,113-117H,9-44,57-64,78H2,1-8H3/t98-,99-,100+,101+,102+/m1/s1. The number of unbranched alkanes of at least 4 members (excludes halogenated alkanes) is 30. The van der Waals surface area contributed by atoms with Gasteiger partial charge in [0.1, 0.15) is 133 Å². The molecule has 1 aliphatic heterocycles. The fourth-order valence-electron chi connectivity index (χ4n) is 13.7. The molecule has 0 saturated carbocycles. The molecule has 0 amide bonds. The van der Waals surface area contributed by atoms with Crippen molar-refractivity contribution in [2.45, 2.75) is 329 Å². The summed E-state index contributed by atoms with van der Waals surface area (Å²) < 4.78 is 51.4. The number of pyridine rings is 6. The van der Waals surface area contributed by atoms with E-state index >= 15 is 0 Å². The maximum absolute atomic E-state index is 10.6. The number of ether oxygens (including phenoxy) is 8. The normalized spacial score (nSPS) is 14.6. The van der Waals surface area contributed by atoms with E-state index in [9.17, 15) is 25.5 Å². The van der Waals surface area contributed by atoms with E-state index in [1.807, 2.05) is 60.7 Å². The molecule has 1 aliphatic rings. The molecule has 8 heterocycles. The number of hydrogen-bond donors (Lipinski definition) is 5. The van der Waals surface area contributed by atoms with E-state index in [0.717, 1.165) is 128 Å². The molecule has 672 valence electrons. The maximum atomic E-state index is 10.6. The quantitative estimate of drug-likeness (QED) is 0.0175. The summed E-state index contributed by atoms with van der Waals surface area (Å²) in [5.41, 5.74) is 4.19. The lowest BCUT2D eigenvalue weighted by Gasteiger charge is -2.39. The second-order valence-electron chi connectivity index (χ2n) is 32.6. The average molecular weight is 1710 g/mol. The number of aromatic nitrogens is 9. The van der Waals surface area contributed by atoms with Crippen LogP contribution in [0.4, 0.5) is 0 Å². The Morgan fingerprint density at radius 3 is 0.848 bits per heavy atom. The third kappa shape index (κ3) is 40.4. The van der Waals surface area contributed by atoms with Gasteiger partial charge < -0.3 is 63.4 Å². The van der Waals surface area contributed by atoms with Crippen LogP contribution in [0.15, 0.2) is 79.0 Å². The van der Waals surface area contributed by atoms with Gasteiger partial charge in [0.2, 0.25) is 0 Å². The number of aliphatic hydroxyl groups is 5. The number of nitrogens with zero attached hydrogens (tertiary/aromatic N) is 9. The first-order valence-corrected chi connectivity index (χ1v) is 46.6. The van der Waals surface area contributed by atoms with Crippen molar-refractivity contribution in [1.82, 2.24) is 44.9 Å². The van der Waals surface area contributed by atoms with Crippen molar-refractivity contribution in [2.75, 3.05) is 52.9 Å². The Morgan fingerprint density at radius 1 is 0.320 bits per heavy atom. The average Bonchev–Trinajstić information content (AvgIpc) is 1.70. The summed E-state index contributed by atoms with van der Waals surface area (Å²) in [7, 11) is 0. The van der Waals surface area contributed by atoms with Crippen LogP contribution in [0.5, 0.6) is 34.5 Å². The van der Waals surface area contributed by atoms with E-state index in [2.05, 4.69) is 123 Å². The van der Waals surface area contributed by atoms with Crippen LogP contribution >= 0.6 is 0 Å². The summed E-state index contributed by atoms with van der Waals surface area (Å²) in [5, 5.41) is 60.2.